The highest BCUT2D eigenvalue weighted by molar-refractivity contribution is 5.60. The second kappa shape index (κ2) is 7.66. The van der Waals surface area contributed by atoms with Crippen molar-refractivity contribution in [1.82, 2.24) is 0 Å². The first-order valence-electron chi connectivity index (χ1n) is 9.96. The molecule has 0 aromatic heterocycles. The molecule has 3 heteroatoms. The van der Waals surface area contributed by atoms with Crippen LogP contribution in [0.25, 0.3) is 0 Å². The molecule has 0 spiro atoms. The Balaban J connectivity index is 1.96. The van der Waals surface area contributed by atoms with Gasteiger partial charge >= 0.3 is 6.16 Å². The average Bonchev–Trinajstić information content (AvgIpc) is 2.46. The van der Waals surface area contributed by atoms with Crippen LogP contribution in [-0.4, -0.2) is 18.4 Å². The van der Waals surface area contributed by atoms with E-state index >= 15 is 0 Å². The average molecular weight is 339 g/mol. The van der Waals surface area contributed by atoms with E-state index in [4.69, 9.17) is 9.47 Å². The molecule has 140 valence electrons. The molecule has 2 aliphatic carbocycles. The van der Waals surface area contributed by atoms with Gasteiger partial charge in [-0.05, 0) is 49.4 Å². The van der Waals surface area contributed by atoms with Gasteiger partial charge in [0.05, 0.1) is 0 Å². The van der Waals surface area contributed by atoms with E-state index in [-0.39, 0.29) is 23.0 Å². The van der Waals surface area contributed by atoms with Gasteiger partial charge in [-0.1, -0.05) is 54.4 Å². The summed E-state index contributed by atoms with van der Waals surface area (Å²) < 4.78 is 11.7. The lowest BCUT2D eigenvalue weighted by atomic mass is 9.70. The fraction of sp³-hybridized carbons (Fsp3) is 0.952. The highest BCUT2D eigenvalue weighted by Crippen LogP contribution is 2.41. The van der Waals surface area contributed by atoms with Crippen LogP contribution in [0.4, 0.5) is 4.79 Å². The lowest BCUT2D eigenvalue weighted by molar-refractivity contribution is -0.0766. The number of carbonyl (C=O) groups excluding carboxylic acids is 1. The fourth-order valence-corrected chi connectivity index (χ4v) is 4.73. The van der Waals surface area contributed by atoms with Crippen LogP contribution in [-0.2, 0) is 9.47 Å². The van der Waals surface area contributed by atoms with E-state index in [1.807, 2.05) is 0 Å². The molecule has 2 aliphatic rings. The Hall–Kier alpha value is -0.730. The zero-order valence-electron chi connectivity index (χ0n) is 16.7. The van der Waals surface area contributed by atoms with E-state index in [2.05, 4.69) is 41.5 Å². The Labute approximate surface area is 148 Å². The second-order valence-corrected chi connectivity index (χ2v) is 10.1. The van der Waals surface area contributed by atoms with Crippen LogP contribution in [0.15, 0.2) is 0 Å². The zero-order valence-corrected chi connectivity index (χ0v) is 16.7. The van der Waals surface area contributed by atoms with Crippen molar-refractivity contribution in [3.05, 3.63) is 0 Å². The van der Waals surface area contributed by atoms with Gasteiger partial charge in [0.2, 0.25) is 0 Å². The Kier molecular flexibility index (Phi) is 6.25. The summed E-state index contributed by atoms with van der Waals surface area (Å²) in [6.45, 7) is 13.5. The van der Waals surface area contributed by atoms with E-state index in [1.165, 1.54) is 12.8 Å². The topological polar surface area (TPSA) is 35.5 Å². The maximum atomic E-state index is 12.5. The first kappa shape index (κ1) is 19.6. The van der Waals surface area contributed by atoms with Crippen LogP contribution in [0.2, 0.25) is 0 Å². The third kappa shape index (κ3) is 5.13. The molecule has 0 aromatic carbocycles. The monoisotopic (exact) mass is 338 g/mol. The van der Waals surface area contributed by atoms with Gasteiger partial charge in [0.15, 0.2) is 0 Å². The van der Waals surface area contributed by atoms with Crippen molar-refractivity contribution in [2.45, 2.75) is 105 Å². The second-order valence-electron chi connectivity index (χ2n) is 10.1. The molecule has 0 aliphatic heterocycles. The van der Waals surface area contributed by atoms with Crippen LogP contribution in [0, 0.1) is 22.7 Å². The summed E-state index contributed by atoms with van der Waals surface area (Å²) in [7, 11) is 0. The predicted molar refractivity (Wildman–Crippen MR) is 98.0 cm³/mol. The summed E-state index contributed by atoms with van der Waals surface area (Å²) in [5.74, 6) is 0.868. The lowest BCUT2D eigenvalue weighted by Gasteiger charge is -2.41. The summed E-state index contributed by atoms with van der Waals surface area (Å²) >= 11 is 0. The molecule has 0 aromatic rings. The van der Waals surface area contributed by atoms with Crippen molar-refractivity contribution in [2.75, 3.05) is 0 Å². The molecule has 0 saturated heterocycles. The molecule has 3 nitrogen and oxygen atoms in total. The lowest BCUT2D eigenvalue weighted by Crippen LogP contribution is -2.41. The van der Waals surface area contributed by atoms with Crippen molar-refractivity contribution in [3.8, 4) is 0 Å². The fourth-order valence-electron chi connectivity index (χ4n) is 4.73. The quantitative estimate of drug-likeness (QED) is 0.550. The first-order valence-corrected chi connectivity index (χ1v) is 9.96. The van der Waals surface area contributed by atoms with E-state index in [0.29, 0.717) is 11.8 Å². The Morgan fingerprint density at radius 3 is 1.33 bits per heavy atom. The van der Waals surface area contributed by atoms with Gasteiger partial charge in [-0.15, -0.1) is 0 Å². The van der Waals surface area contributed by atoms with Gasteiger partial charge in [-0.3, -0.25) is 0 Å². The molecule has 0 bridgehead atoms. The van der Waals surface area contributed by atoms with Gasteiger partial charge in [0.25, 0.3) is 0 Å². The first-order chi connectivity index (χ1) is 11.1. The molecule has 4 unspecified atom stereocenters. The number of carbonyl (C=O) groups is 1. The number of ether oxygens (including phenoxy) is 2. The molecular formula is C21H38O3. The zero-order chi connectivity index (χ0) is 18.0. The van der Waals surface area contributed by atoms with Crippen molar-refractivity contribution < 1.29 is 14.3 Å². The van der Waals surface area contributed by atoms with Crippen LogP contribution >= 0.6 is 0 Å². The van der Waals surface area contributed by atoms with Gasteiger partial charge in [0, 0.05) is 11.8 Å². The molecule has 0 heterocycles. The molecule has 24 heavy (non-hydrogen) atoms. The predicted octanol–water partition coefficient (Wildman–Crippen LogP) is 6.35. The van der Waals surface area contributed by atoms with E-state index in [0.717, 1.165) is 38.5 Å². The largest absolute Gasteiger partial charge is 0.508 e. The highest BCUT2D eigenvalue weighted by Gasteiger charge is 2.39. The summed E-state index contributed by atoms with van der Waals surface area (Å²) in [5.41, 5.74) is 0.342. The van der Waals surface area contributed by atoms with Crippen molar-refractivity contribution >= 4 is 6.16 Å². The van der Waals surface area contributed by atoms with Crippen molar-refractivity contribution in [2.24, 2.45) is 22.7 Å². The SMILES string of the molecule is CC(C)(C)C1CCCCC1OC(=O)OC1CCCCC1C(C)(C)C. The Morgan fingerprint density at radius 2 is 1.00 bits per heavy atom. The molecule has 2 rings (SSSR count). The van der Waals surface area contributed by atoms with Gasteiger partial charge < -0.3 is 9.47 Å². The molecule has 4 atom stereocenters. The summed E-state index contributed by atoms with van der Waals surface area (Å²) in [4.78, 5) is 12.5. The van der Waals surface area contributed by atoms with Crippen molar-refractivity contribution in [3.63, 3.8) is 0 Å². The minimum atomic E-state index is -0.433. The summed E-state index contributed by atoms with van der Waals surface area (Å²) in [6.07, 6.45) is 8.64. The molecule has 0 radical (unpaired) electrons. The van der Waals surface area contributed by atoms with Crippen LogP contribution < -0.4 is 0 Å². The molecular weight excluding hydrogens is 300 g/mol. The van der Waals surface area contributed by atoms with Crippen molar-refractivity contribution in [1.29, 1.82) is 0 Å². The summed E-state index contributed by atoms with van der Waals surface area (Å²) in [6, 6.07) is 0. The minimum absolute atomic E-state index is 0.0166. The third-order valence-electron chi connectivity index (χ3n) is 6.13. The standard InChI is InChI=1S/C21H38O3/c1-20(2,3)15-11-7-9-13-17(15)23-19(22)24-18-14-10-8-12-16(18)21(4,5)6/h15-18H,7-14H2,1-6H3. The Morgan fingerprint density at radius 1 is 0.667 bits per heavy atom. The third-order valence-corrected chi connectivity index (χ3v) is 6.13. The van der Waals surface area contributed by atoms with Gasteiger partial charge in [-0.2, -0.15) is 0 Å². The molecule has 2 saturated carbocycles. The van der Waals surface area contributed by atoms with E-state index < -0.39 is 6.16 Å². The number of hydrogen-bond donors (Lipinski definition) is 0. The number of rotatable bonds is 2. The maximum Gasteiger partial charge on any atom is 0.508 e. The normalized spacial score (nSPS) is 32.2. The Bertz CT molecular complexity index is 378. The van der Waals surface area contributed by atoms with E-state index in [1.54, 1.807) is 0 Å². The van der Waals surface area contributed by atoms with Crippen LogP contribution in [0.3, 0.4) is 0 Å². The minimum Gasteiger partial charge on any atom is -0.431 e. The van der Waals surface area contributed by atoms with Crippen LogP contribution in [0.5, 0.6) is 0 Å². The maximum absolute atomic E-state index is 12.5. The molecule has 0 amide bonds. The highest BCUT2D eigenvalue weighted by atomic mass is 16.7. The van der Waals surface area contributed by atoms with Gasteiger partial charge in [-0.25, -0.2) is 4.79 Å². The number of hydrogen-bond acceptors (Lipinski definition) is 3. The van der Waals surface area contributed by atoms with Crippen LogP contribution in [0.1, 0.15) is 92.9 Å². The summed E-state index contributed by atoms with van der Waals surface area (Å²) in [5, 5.41) is 0. The smallest absolute Gasteiger partial charge is 0.431 e. The molecule has 0 N–H and O–H groups in total. The molecule has 2 fully saturated rings. The van der Waals surface area contributed by atoms with E-state index in [9.17, 15) is 4.79 Å². The van der Waals surface area contributed by atoms with Gasteiger partial charge in [0.1, 0.15) is 12.2 Å².